The van der Waals surface area contributed by atoms with Gasteiger partial charge in [0.2, 0.25) is 0 Å². The van der Waals surface area contributed by atoms with Crippen molar-refractivity contribution < 1.29 is 9.47 Å². The van der Waals surface area contributed by atoms with E-state index in [4.69, 9.17) is 9.47 Å². The summed E-state index contributed by atoms with van der Waals surface area (Å²) in [4.78, 5) is 8.51. The molecule has 1 aromatic carbocycles. The monoisotopic (exact) mass is 319 g/mol. The molecule has 1 atom stereocenters. The van der Waals surface area contributed by atoms with Crippen molar-refractivity contribution in [2.24, 2.45) is 0 Å². The molecule has 1 aliphatic heterocycles. The lowest BCUT2D eigenvalue weighted by molar-refractivity contribution is 0.143. The zero-order valence-electron chi connectivity index (χ0n) is 13.1. The van der Waals surface area contributed by atoms with Gasteiger partial charge >= 0.3 is 0 Å². The van der Waals surface area contributed by atoms with Gasteiger partial charge in [0.1, 0.15) is 12.4 Å². The van der Waals surface area contributed by atoms with E-state index < -0.39 is 0 Å². The number of ether oxygens (including phenoxy) is 2. The largest absolute Gasteiger partial charge is 0.490 e. The first kappa shape index (κ1) is 14.5. The molecule has 5 nitrogen and oxygen atoms in total. The van der Waals surface area contributed by atoms with Gasteiger partial charge in [-0.15, -0.1) is 0 Å². The van der Waals surface area contributed by atoms with Gasteiger partial charge < -0.3 is 9.47 Å². The van der Waals surface area contributed by atoms with Crippen LogP contribution in [0.15, 0.2) is 61.6 Å². The maximum absolute atomic E-state index is 5.87. The molecule has 3 heterocycles. The molecular formula is C19H17N3O2. The zero-order chi connectivity index (χ0) is 16.4. The van der Waals surface area contributed by atoms with Crippen molar-refractivity contribution >= 4 is 6.08 Å². The van der Waals surface area contributed by atoms with E-state index in [9.17, 15) is 0 Å². The van der Waals surface area contributed by atoms with E-state index in [0.717, 1.165) is 22.6 Å². The number of pyridine rings is 1. The Bertz CT molecular complexity index is 841. The minimum absolute atomic E-state index is 0.0526. The van der Waals surface area contributed by atoms with Crippen molar-refractivity contribution in [2.75, 3.05) is 6.61 Å². The predicted octanol–water partition coefficient (Wildman–Crippen LogP) is 3.43. The summed E-state index contributed by atoms with van der Waals surface area (Å²) in [5.74, 6) is 0.821. The molecule has 2 aromatic heterocycles. The fourth-order valence-electron chi connectivity index (χ4n) is 2.74. The topological polar surface area (TPSA) is 49.2 Å². The van der Waals surface area contributed by atoms with Crippen LogP contribution < -0.4 is 9.47 Å². The van der Waals surface area contributed by atoms with Gasteiger partial charge in [-0.3, -0.25) is 9.55 Å². The van der Waals surface area contributed by atoms with Gasteiger partial charge in [0.05, 0.1) is 18.4 Å². The van der Waals surface area contributed by atoms with E-state index in [2.05, 4.69) is 21.1 Å². The number of nitrogens with zero attached hydrogens (tertiary/aromatic N) is 3. The highest BCUT2D eigenvalue weighted by Crippen LogP contribution is 2.29. The van der Waals surface area contributed by atoms with Gasteiger partial charge in [-0.05, 0) is 29.8 Å². The summed E-state index contributed by atoms with van der Waals surface area (Å²) in [5, 5.41) is 0. The fourth-order valence-corrected chi connectivity index (χ4v) is 2.74. The number of hydrogen-bond acceptors (Lipinski definition) is 4. The fraction of sp³-hybridized carbons (Fsp3) is 0.158. The Hall–Kier alpha value is -3.08. The molecule has 0 saturated heterocycles. The van der Waals surface area contributed by atoms with Gasteiger partial charge in [-0.2, -0.15) is 0 Å². The van der Waals surface area contributed by atoms with Crippen LogP contribution in [0, 0.1) is 0 Å². The lowest BCUT2D eigenvalue weighted by atomic mass is 10.2. The van der Waals surface area contributed by atoms with Crippen molar-refractivity contribution in [3.8, 4) is 23.0 Å². The van der Waals surface area contributed by atoms with Crippen LogP contribution >= 0.6 is 0 Å². The maximum Gasteiger partial charge on any atom is 0.297 e. The van der Waals surface area contributed by atoms with Gasteiger partial charge in [-0.25, -0.2) is 4.98 Å². The average molecular weight is 319 g/mol. The summed E-state index contributed by atoms with van der Waals surface area (Å²) in [7, 11) is 0. The Balaban J connectivity index is 1.42. The molecule has 0 spiro atoms. The molecule has 24 heavy (non-hydrogen) atoms. The van der Waals surface area contributed by atoms with E-state index in [1.807, 2.05) is 54.9 Å². The molecular weight excluding hydrogens is 302 g/mol. The van der Waals surface area contributed by atoms with Crippen LogP contribution in [0.4, 0.5) is 0 Å². The Labute approximate surface area is 140 Å². The second-order valence-corrected chi connectivity index (χ2v) is 5.60. The van der Waals surface area contributed by atoms with E-state index in [-0.39, 0.29) is 6.10 Å². The summed E-state index contributed by atoms with van der Waals surface area (Å²) in [6.45, 7) is 4.93. The molecule has 5 heteroatoms. The molecule has 0 bridgehead atoms. The van der Waals surface area contributed by atoms with Crippen LogP contribution in [0.25, 0.3) is 17.3 Å². The predicted molar refractivity (Wildman–Crippen MR) is 91.9 cm³/mol. The highest BCUT2D eigenvalue weighted by atomic mass is 16.6. The number of aromatic nitrogens is 3. The van der Waals surface area contributed by atoms with Crippen molar-refractivity contribution in [1.29, 1.82) is 0 Å². The third kappa shape index (κ3) is 2.76. The van der Waals surface area contributed by atoms with Crippen molar-refractivity contribution in [1.82, 2.24) is 14.5 Å². The minimum atomic E-state index is -0.0526. The van der Waals surface area contributed by atoms with Crippen LogP contribution in [0.3, 0.4) is 0 Å². The second kappa shape index (κ2) is 6.20. The van der Waals surface area contributed by atoms with E-state index >= 15 is 0 Å². The van der Waals surface area contributed by atoms with Gasteiger partial charge in [-0.1, -0.05) is 24.8 Å². The van der Waals surface area contributed by atoms with Crippen molar-refractivity contribution in [3.05, 3.63) is 67.1 Å². The number of imidazole rings is 1. The van der Waals surface area contributed by atoms with Crippen LogP contribution in [0.2, 0.25) is 0 Å². The molecule has 0 saturated carbocycles. The normalized spacial score (nSPS) is 15.6. The number of hydrogen-bond donors (Lipinski definition) is 0. The smallest absolute Gasteiger partial charge is 0.297 e. The average Bonchev–Trinajstić information content (AvgIpc) is 3.21. The first-order valence-electron chi connectivity index (χ1n) is 7.81. The number of fused-ring (bicyclic) bond motifs is 1. The van der Waals surface area contributed by atoms with E-state index in [0.29, 0.717) is 19.2 Å². The van der Waals surface area contributed by atoms with Gasteiger partial charge in [0, 0.05) is 18.0 Å². The van der Waals surface area contributed by atoms with Crippen molar-refractivity contribution in [3.63, 3.8) is 0 Å². The first-order chi connectivity index (χ1) is 11.8. The summed E-state index contributed by atoms with van der Waals surface area (Å²) < 4.78 is 13.8. The molecule has 3 aromatic rings. The van der Waals surface area contributed by atoms with Gasteiger partial charge in [0.25, 0.3) is 6.01 Å². The molecule has 0 amide bonds. The van der Waals surface area contributed by atoms with Crippen molar-refractivity contribution in [2.45, 2.75) is 12.6 Å². The van der Waals surface area contributed by atoms with E-state index in [1.54, 1.807) is 6.20 Å². The standard InChI is InChI=1S/C19H17N3O2/c1-2-14-5-7-16(8-6-14)23-13-17-12-22-18(11-21-19(22)24-17)15-4-3-9-20-10-15/h2-11,17H,1,12-13H2/t17-/m0/s1. The Morgan fingerprint density at radius 1 is 1.25 bits per heavy atom. The zero-order valence-corrected chi connectivity index (χ0v) is 13.1. The molecule has 0 aliphatic carbocycles. The Morgan fingerprint density at radius 3 is 2.88 bits per heavy atom. The third-order valence-corrected chi connectivity index (χ3v) is 3.99. The number of rotatable bonds is 5. The molecule has 4 rings (SSSR count). The van der Waals surface area contributed by atoms with E-state index in [1.165, 1.54) is 0 Å². The summed E-state index contributed by atoms with van der Waals surface area (Å²) in [5.41, 5.74) is 3.11. The minimum Gasteiger partial charge on any atom is -0.490 e. The second-order valence-electron chi connectivity index (χ2n) is 5.60. The Kier molecular flexibility index (Phi) is 3.75. The quantitative estimate of drug-likeness (QED) is 0.723. The molecule has 0 N–H and O–H groups in total. The molecule has 120 valence electrons. The third-order valence-electron chi connectivity index (χ3n) is 3.99. The summed E-state index contributed by atoms with van der Waals surface area (Å²) >= 11 is 0. The molecule has 0 unspecified atom stereocenters. The highest BCUT2D eigenvalue weighted by molar-refractivity contribution is 5.58. The van der Waals surface area contributed by atoms with Gasteiger partial charge in [0.15, 0.2) is 6.10 Å². The summed E-state index contributed by atoms with van der Waals surface area (Å²) in [6.07, 6.45) is 7.16. The highest BCUT2D eigenvalue weighted by Gasteiger charge is 2.27. The van der Waals surface area contributed by atoms with Crippen LogP contribution in [0.5, 0.6) is 11.8 Å². The number of benzene rings is 1. The lowest BCUT2D eigenvalue weighted by Gasteiger charge is -2.12. The SMILES string of the molecule is C=Cc1ccc(OC[C@@H]2Cn3c(-c4cccnc4)cnc3O2)cc1. The summed E-state index contributed by atoms with van der Waals surface area (Å²) in [6, 6.07) is 12.4. The molecule has 1 aliphatic rings. The molecule has 0 fully saturated rings. The lowest BCUT2D eigenvalue weighted by Crippen LogP contribution is -2.23. The van der Waals surface area contributed by atoms with Crippen LogP contribution in [-0.2, 0) is 6.54 Å². The first-order valence-corrected chi connectivity index (χ1v) is 7.81. The Morgan fingerprint density at radius 2 is 2.12 bits per heavy atom. The van der Waals surface area contributed by atoms with Crippen LogP contribution in [0.1, 0.15) is 5.56 Å². The molecule has 0 radical (unpaired) electrons. The maximum atomic E-state index is 5.87. The van der Waals surface area contributed by atoms with Crippen LogP contribution in [-0.4, -0.2) is 27.2 Å².